The minimum atomic E-state index is -3.89. The van der Waals surface area contributed by atoms with Crippen molar-refractivity contribution in [3.63, 3.8) is 0 Å². The van der Waals surface area contributed by atoms with E-state index in [1.54, 1.807) is 6.07 Å². The molecular formula is C10H12N6O2S2. The molecule has 2 aromatic rings. The van der Waals surface area contributed by atoms with Crippen LogP contribution in [0.2, 0.25) is 0 Å². The van der Waals surface area contributed by atoms with Crippen LogP contribution >= 0.6 is 11.8 Å². The Kier molecular flexibility index (Phi) is 3.70. The highest BCUT2D eigenvalue weighted by atomic mass is 32.2. The highest BCUT2D eigenvalue weighted by molar-refractivity contribution is 7.99. The van der Waals surface area contributed by atoms with E-state index in [2.05, 4.69) is 9.97 Å². The van der Waals surface area contributed by atoms with Gasteiger partial charge >= 0.3 is 0 Å². The van der Waals surface area contributed by atoms with Crippen molar-refractivity contribution in [3.8, 4) is 0 Å². The highest BCUT2D eigenvalue weighted by Gasteiger charge is 2.16. The third kappa shape index (κ3) is 3.10. The molecule has 0 spiro atoms. The number of para-hydroxylation sites is 1. The Bertz CT molecular complexity index is 742. The van der Waals surface area contributed by atoms with Gasteiger partial charge in [0.15, 0.2) is 5.16 Å². The number of primary sulfonamides is 1. The molecule has 0 atom stereocenters. The van der Waals surface area contributed by atoms with E-state index in [9.17, 15) is 8.42 Å². The predicted octanol–water partition coefficient (Wildman–Crippen LogP) is 0.0218. The number of hydrogen-bond acceptors (Lipinski definition) is 8. The molecule has 1 heterocycles. The van der Waals surface area contributed by atoms with Crippen LogP contribution in [0.5, 0.6) is 0 Å². The summed E-state index contributed by atoms with van der Waals surface area (Å²) in [6.07, 6.45) is 0. The summed E-state index contributed by atoms with van der Waals surface area (Å²) in [5.41, 5.74) is 16.9. The minimum absolute atomic E-state index is 0.0320. The first-order valence-corrected chi connectivity index (χ1v) is 7.63. The molecule has 2 rings (SSSR count). The zero-order valence-corrected chi connectivity index (χ0v) is 11.8. The van der Waals surface area contributed by atoms with Crippen LogP contribution in [-0.4, -0.2) is 18.4 Å². The van der Waals surface area contributed by atoms with E-state index in [4.69, 9.17) is 22.3 Å². The van der Waals surface area contributed by atoms with Crippen molar-refractivity contribution >= 4 is 39.1 Å². The van der Waals surface area contributed by atoms with Crippen LogP contribution < -0.4 is 22.3 Å². The second-order valence-corrected chi connectivity index (χ2v) is 6.35. The van der Waals surface area contributed by atoms with Crippen molar-refractivity contribution in [3.05, 3.63) is 24.3 Å². The van der Waals surface area contributed by atoms with E-state index in [1.165, 1.54) is 18.2 Å². The smallest absolute Gasteiger partial charge is 0.240 e. The first-order valence-electron chi connectivity index (χ1n) is 5.26. The lowest BCUT2D eigenvalue weighted by atomic mass is 10.3. The average molecular weight is 312 g/mol. The maximum absolute atomic E-state index is 11.4. The van der Waals surface area contributed by atoms with E-state index in [-0.39, 0.29) is 27.4 Å². The highest BCUT2D eigenvalue weighted by Crippen LogP contribution is 2.33. The molecule has 0 saturated heterocycles. The maximum Gasteiger partial charge on any atom is 0.240 e. The van der Waals surface area contributed by atoms with E-state index >= 15 is 0 Å². The van der Waals surface area contributed by atoms with E-state index in [0.29, 0.717) is 4.90 Å². The molecule has 0 fully saturated rings. The molecule has 0 unspecified atom stereocenters. The van der Waals surface area contributed by atoms with Crippen LogP contribution in [-0.2, 0) is 10.0 Å². The summed E-state index contributed by atoms with van der Waals surface area (Å²) >= 11 is 1.05. The third-order valence-corrected chi connectivity index (χ3v) is 4.19. The fourth-order valence-corrected chi connectivity index (χ4v) is 3.08. The van der Waals surface area contributed by atoms with Crippen LogP contribution in [0.4, 0.5) is 17.3 Å². The van der Waals surface area contributed by atoms with Crippen LogP contribution in [0.25, 0.3) is 0 Å². The van der Waals surface area contributed by atoms with Crippen molar-refractivity contribution in [1.29, 1.82) is 0 Å². The van der Waals surface area contributed by atoms with E-state index in [0.717, 1.165) is 11.8 Å². The monoisotopic (exact) mass is 312 g/mol. The average Bonchev–Trinajstić information content (AvgIpc) is 2.29. The molecule has 1 aromatic carbocycles. The number of benzene rings is 1. The van der Waals surface area contributed by atoms with Gasteiger partial charge < -0.3 is 17.2 Å². The Labute approximate surface area is 119 Å². The molecule has 0 aliphatic carbocycles. The van der Waals surface area contributed by atoms with Crippen LogP contribution in [0.3, 0.4) is 0 Å². The summed E-state index contributed by atoms with van der Waals surface area (Å²) in [6.45, 7) is 0. The van der Waals surface area contributed by atoms with E-state index < -0.39 is 10.0 Å². The minimum Gasteiger partial charge on any atom is -0.397 e. The number of nitrogens with two attached hydrogens (primary N) is 4. The number of sulfonamides is 1. The predicted molar refractivity (Wildman–Crippen MR) is 77.2 cm³/mol. The van der Waals surface area contributed by atoms with Crippen LogP contribution in [0.15, 0.2) is 39.2 Å². The van der Waals surface area contributed by atoms with Crippen LogP contribution in [0.1, 0.15) is 0 Å². The van der Waals surface area contributed by atoms with Gasteiger partial charge in [-0.2, -0.15) is 0 Å². The first-order chi connectivity index (χ1) is 9.27. The van der Waals surface area contributed by atoms with Gasteiger partial charge in [0.1, 0.15) is 16.5 Å². The Morgan fingerprint density at radius 3 is 2.20 bits per heavy atom. The SMILES string of the molecule is Nc1cc(N)nc(Sc2cccc(S(N)(=O)=O)c2N)n1. The number of nitrogen functional groups attached to an aromatic ring is 3. The summed E-state index contributed by atoms with van der Waals surface area (Å²) in [5, 5.41) is 5.34. The molecule has 20 heavy (non-hydrogen) atoms. The summed E-state index contributed by atoms with van der Waals surface area (Å²) in [7, 11) is -3.89. The van der Waals surface area contributed by atoms with Crippen molar-refractivity contribution in [2.45, 2.75) is 14.9 Å². The van der Waals surface area contributed by atoms with Crippen molar-refractivity contribution in [1.82, 2.24) is 9.97 Å². The molecular weight excluding hydrogens is 300 g/mol. The fourth-order valence-electron chi connectivity index (χ4n) is 1.47. The standard InChI is InChI=1S/C10H12N6O2S2/c11-7-4-8(12)16-10(15-7)19-5-2-1-3-6(9(5)13)20(14,17)18/h1-4H,13H2,(H2,14,17,18)(H4,11,12,15,16). The first kappa shape index (κ1) is 14.4. The molecule has 0 radical (unpaired) electrons. The second-order valence-electron chi connectivity index (χ2n) is 3.82. The molecule has 0 amide bonds. The number of nitrogens with zero attached hydrogens (tertiary/aromatic N) is 2. The Balaban J connectivity index is 2.44. The lowest BCUT2D eigenvalue weighted by Crippen LogP contribution is -2.14. The Hall–Kier alpha value is -2.04. The van der Waals surface area contributed by atoms with Gasteiger partial charge in [-0.1, -0.05) is 6.07 Å². The van der Waals surface area contributed by atoms with Gasteiger partial charge in [0.25, 0.3) is 0 Å². The van der Waals surface area contributed by atoms with Crippen molar-refractivity contribution in [2.75, 3.05) is 17.2 Å². The summed E-state index contributed by atoms with van der Waals surface area (Å²) in [6, 6.07) is 5.88. The number of rotatable bonds is 3. The second kappa shape index (κ2) is 5.15. The zero-order chi connectivity index (χ0) is 14.9. The van der Waals surface area contributed by atoms with Gasteiger partial charge in [-0.3, -0.25) is 0 Å². The van der Waals surface area contributed by atoms with Gasteiger partial charge in [0.2, 0.25) is 10.0 Å². The van der Waals surface area contributed by atoms with Gasteiger partial charge in [-0.25, -0.2) is 23.5 Å². The summed E-state index contributed by atoms with van der Waals surface area (Å²) in [5.74, 6) is 0.419. The number of anilines is 3. The molecule has 0 aliphatic heterocycles. The Morgan fingerprint density at radius 2 is 1.65 bits per heavy atom. The summed E-state index contributed by atoms with van der Waals surface area (Å²) < 4.78 is 22.8. The van der Waals surface area contributed by atoms with Gasteiger partial charge in [-0.05, 0) is 23.9 Å². The molecule has 1 aromatic heterocycles. The molecule has 8 nitrogen and oxygen atoms in total. The topological polar surface area (TPSA) is 164 Å². The quantitative estimate of drug-likeness (QED) is 0.455. The van der Waals surface area contributed by atoms with Crippen molar-refractivity contribution < 1.29 is 8.42 Å². The Morgan fingerprint density at radius 1 is 1.05 bits per heavy atom. The van der Waals surface area contributed by atoms with Gasteiger partial charge in [0.05, 0.1) is 5.69 Å². The zero-order valence-electron chi connectivity index (χ0n) is 10.1. The fraction of sp³-hybridized carbons (Fsp3) is 0. The van der Waals surface area contributed by atoms with E-state index in [1.807, 2.05) is 0 Å². The third-order valence-electron chi connectivity index (χ3n) is 2.28. The number of hydrogen-bond donors (Lipinski definition) is 4. The molecule has 8 N–H and O–H groups in total. The normalized spacial score (nSPS) is 11.4. The molecule has 10 heteroatoms. The lowest BCUT2D eigenvalue weighted by molar-refractivity contribution is 0.598. The summed E-state index contributed by atoms with van der Waals surface area (Å²) in [4.78, 5) is 8.24. The maximum atomic E-state index is 11.4. The largest absolute Gasteiger partial charge is 0.397 e. The van der Waals surface area contributed by atoms with Crippen molar-refractivity contribution in [2.24, 2.45) is 5.14 Å². The van der Waals surface area contributed by atoms with Crippen LogP contribution in [0, 0.1) is 0 Å². The molecule has 0 aliphatic rings. The molecule has 0 bridgehead atoms. The number of aromatic nitrogens is 2. The van der Waals surface area contributed by atoms with Gasteiger partial charge in [0, 0.05) is 11.0 Å². The lowest BCUT2D eigenvalue weighted by Gasteiger charge is -2.08. The molecule has 0 saturated carbocycles. The van der Waals surface area contributed by atoms with Gasteiger partial charge in [-0.15, -0.1) is 0 Å². The molecule has 106 valence electrons.